The molecule has 4 rings (SSSR count). The van der Waals surface area contributed by atoms with Crippen LogP contribution in [-0.2, 0) is 25.8 Å². The van der Waals surface area contributed by atoms with Gasteiger partial charge in [-0.25, -0.2) is 17.2 Å². The van der Waals surface area contributed by atoms with Gasteiger partial charge >= 0.3 is 0 Å². The Morgan fingerprint density at radius 2 is 1.90 bits per heavy atom. The summed E-state index contributed by atoms with van der Waals surface area (Å²) in [6.45, 7) is 1.93. The molecule has 1 aliphatic carbocycles. The van der Waals surface area contributed by atoms with Gasteiger partial charge in [0.15, 0.2) is 9.84 Å². The lowest BCUT2D eigenvalue weighted by atomic mass is 10.2. The van der Waals surface area contributed by atoms with Crippen LogP contribution in [-0.4, -0.2) is 32.0 Å². The Morgan fingerprint density at radius 3 is 2.61 bits per heavy atom. The number of fused-ring (bicyclic) bond motifs is 1. The van der Waals surface area contributed by atoms with Gasteiger partial charge in [0.25, 0.3) is 0 Å². The third-order valence-corrected chi connectivity index (χ3v) is 7.81. The third kappa shape index (κ3) is 4.32. The van der Waals surface area contributed by atoms with E-state index in [9.17, 15) is 26.8 Å². The zero-order valence-corrected chi connectivity index (χ0v) is 17.7. The fourth-order valence-electron chi connectivity index (χ4n) is 3.73. The highest BCUT2D eigenvalue weighted by Gasteiger charge is 2.37. The predicted octanol–water partition coefficient (Wildman–Crippen LogP) is 3.45. The first-order valence-electron chi connectivity index (χ1n) is 10.1. The molecule has 0 spiro atoms. The van der Waals surface area contributed by atoms with E-state index in [1.54, 1.807) is 17.0 Å². The summed E-state index contributed by atoms with van der Waals surface area (Å²) in [6.07, 6.45) is 1.96. The van der Waals surface area contributed by atoms with Crippen LogP contribution in [0.4, 0.5) is 20.2 Å². The van der Waals surface area contributed by atoms with E-state index in [0.717, 1.165) is 42.3 Å². The van der Waals surface area contributed by atoms with Crippen LogP contribution in [0, 0.1) is 17.6 Å². The molecule has 0 aromatic heterocycles. The minimum atomic E-state index is -3.84. The van der Waals surface area contributed by atoms with E-state index < -0.39 is 39.0 Å². The van der Waals surface area contributed by atoms with Crippen molar-refractivity contribution in [3.05, 3.63) is 53.6 Å². The van der Waals surface area contributed by atoms with Crippen molar-refractivity contribution in [2.45, 2.75) is 42.8 Å². The van der Waals surface area contributed by atoms with Gasteiger partial charge < -0.3 is 10.2 Å². The molecule has 1 saturated carbocycles. The van der Waals surface area contributed by atoms with Crippen LogP contribution in [0.3, 0.4) is 0 Å². The summed E-state index contributed by atoms with van der Waals surface area (Å²) in [5.41, 5.74) is 1.18. The molecule has 1 aliphatic heterocycles. The van der Waals surface area contributed by atoms with Crippen LogP contribution in [0.1, 0.15) is 31.7 Å². The summed E-state index contributed by atoms with van der Waals surface area (Å²) < 4.78 is 52.9. The number of halogens is 2. The first-order valence-corrected chi connectivity index (χ1v) is 11.6. The molecule has 9 heteroatoms. The Balaban J connectivity index is 1.47. The Labute approximate surface area is 179 Å². The Kier molecular flexibility index (Phi) is 5.55. The van der Waals surface area contributed by atoms with E-state index in [1.807, 2.05) is 0 Å². The summed E-state index contributed by atoms with van der Waals surface area (Å²) in [6, 6.07) is 7.29. The number of carbonyl (C=O) groups excluding carboxylic acids is 2. The number of nitrogens with zero attached hydrogens (tertiary/aromatic N) is 1. The highest BCUT2D eigenvalue weighted by molar-refractivity contribution is 7.92. The fraction of sp³-hybridized carbons (Fsp3) is 0.364. The normalized spacial score (nSPS) is 16.7. The molecule has 0 saturated heterocycles. The van der Waals surface area contributed by atoms with E-state index >= 15 is 0 Å². The lowest BCUT2D eigenvalue weighted by molar-refractivity contribution is -0.119. The van der Waals surface area contributed by atoms with Crippen molar-refractivity contribution < 1.29 is 26.8 Å². The van der Waals surface area contributed by atoms with E-state index in [2.05, 4.69) is 5.32 Å². The second-order valence-corrected chi connectivity index (χ2v) is 10.4. The first kappa shape index (κ1) is 21.4. The van der Waals surface area contributed by atoms with Crippen LogP contribution < -0.4 is 10.2 Å². The van der Waals surface area contributed by atoms with Crippen LogP contribution in [0.25, 0.3) is 0 Å². The number of benzene rings is 2. The number of anilines is 2. The predicted molar refractivity (Wildman–Crippen MR) is 111 cm³/mol. The molecule has 1 fully saturated rings. The molecule has 1 atom stereocenters. The smallest absolute Gasteiger partial charge is 0.230 e. The van der Waals surface area contributed by atoms with Gasteiger partial charge in [-0.1, -0.05) is 0 Å². The molecule has 2 aromatic rings. The topological polar surface area (TPSA) is 83.6 Å². The van der Waals surface area contributed by atoms with Gasteiger partial charge in [-0.2, -0.15) is 0 Å². The molecule has 164 valence electrons. The second-order valence-electron chi connectivity index (χ2n) is 8.04. The molecule has 1 heterocycles. The van der Waals surface area contributed by atoms with Gasteiger partial charge in [0.1, 0.15) is 11.6 Å². The molecule has 0 radical (unpaired) electrons. The summed E-state index contributed by atoms with van der Waals surface area (Å²) >= 11 is 0. The first-order chi connectivity index (χ1) is 14.7. The highest BCUT2D eigenvalue weighted by atomic mass is 32.2. The van der Waals surface area contributed by atoms with Crippen molar-refractivity contribution in [2.75, 3.05) is 16.8 Å². The van der Waals surface area contributed by atoms with Crippen molar-refractivity contribution in [1.82, 2.24) is 0 Å². The minimum absolute atomic E-state index is 0.0733. The molecule has 2 aromatic carbocycles. The monoisotopic (exact) mass is 448 g/mol. The largest absolute Gasteiger partial charge is 0.323 e. The van der Waals surface area contributed by atoms with Gasteiger partial charge in [0.2, 0.25) is 11.8 Å². The molecule has 2 amide bonds. The third-order valence-electron chi connectivity index (χ3n) is 5.67. The minimum Gasteiger partial charge on any atom is -0.323 e. The lowest BCUT2D eigenvalue weighted by Gasteiger charge is -2.18. The van der Waals surface area contributed by atoms with Crippen LogP contribution >= 0.6 is 0 Å². The zero-order valence-electron chi connectivity index (χ0n) is 16.9. The molecular formula is C22H22F2N2O4S. The maximum atomic E-state index is 13.7. The maximum Gasteiger partial charge on any atom is 0.230 e. The molecular weight excluding hydrogens is 426 g/mol. The van der Waals surface area contributed by atoms with E-state index in [1.165, 1.54) is 13.0 Å². The van der Waals surface area contributed by atoms with Crippen LogP contribution in [0.2, 0.25) is 0 Å². The van der Waals surface area contributed by atoms with Crippen molar-refractivity contribution in [3.63, 3.8) is 0 Å². The van der Waals surface area contributed by atoms with Gasteiger partial charge in [-0.05, 0) is 62.1 Å². The zero-order chi connectivity index (χ0) is 22.3. The molecule has 31 heavy (non-hydrogen) atoms. The van der Waals surface area contributed by atoms with Crippen molar-refractivity contribution >= 4 is 33.0 Å². The van der Waals surface area contributed by atoms with E-state index in [4.69, 9.17) is 0 Å². The summed E-state index contributed by atoms with van der Waals surface area (Å²) in [5, 5.41) is 1.14. The quantitative estimate of drug-likeness (QED) is 0.734. The summed E-state index contributed by atoms with van der Waals surface area (Å²) in [4.78, 5) is 26.4. The number of amides is 2. The molecule has 6 nitrogen and oxygen atoms in total. The Hall–Kier alpha value is -2.81. The van der Waals surface area contributed by atoms with Crippen LogP contribution in [0.15, 0.2) is 41.3 Å². The van der Waals surface area contributed by atoms with Gasteiger partial charge in [-0.3, -0.25) is 9.59 Å². The second kappa shape index (κ2) is 8.03. The van der Waals surface area contributed by atoms with Crippen molar-refractivity contribution in [2.24, 2.45) is 5.92 Å². The van der Waals surface area contributed by atoms with E-state index in [0.29, 0.717) is 13.0 Å². The number of rotatable bonds is 6. The lowest BCUT2D eigenvalue weighted by Crippen LogP contribution is -2.30. The summed E-state index contributed by atoms with van der Waals surface area (Å²) in [7, 11) is -3.84. The molecule has 0 unspecified atom stereocenters. The number of sulfone groups is 1. The molecule has 1 N–H and O–H groups in total. The van der Waals surface area contributed by atoms with Crippen LogP contribution in [0.5, 0.6) is 0 Å². The van der Waals surface area contributed by atoms with E-state index in [-0.39, 0.29) is 22.4 Å². The Bertz CT molecular complexity index is 1160. The average molecular weight is 448 g/mol. The molecule has 0 bridgehead atoms. The number of hydrogen-bond acceptors (Lipinski definition) is 4. The van der Waals surface area contributed by atoms with Gasteiger partial charge in [0.05, 0.1) is 15.8 Å². The summed E-state index contributed by atoms with van der Waals surface area (Å²) in [5.74, 6) is -2.10. The number of hydrogen-bond donors (Lipinski definition) is 1. The van der Waals surface area contributed by atoms with Crippen molar-refractivity contribution in [3.8, 4) is 0 Å². The van der Waals surface area contributed by atoms with Gasteiger partial charge in [-0.15, -0.1) is 0 Å². The van der Waals surface area contributed by atoms with Crippen molar-refractivity contribution in [1.29, 1.82) is 0 Å². The Morgan fingerprint density at radius 1 is 1.16 bits per heavy atom. The van der Waals surface area contributed by atoms with Gasteiger partial charge in [0, 0.05) is 30.6 Å². The number of nitrogens with one attached hydrogen (secondary N) is 1. The highest BCUT2D eigenvalue weighted by Crippen LogP contribution is 2.37. The molecule has 2 aliphatic rings. The average Bonchev–Trinajstić information content (AvgIpc) is 3.49. The standard InChI is InChI=1S/C22H22F2N2O4S/c1-13(10-21(27)25-19-12-16(23)4-6-18(19)24)31(29,30)17-5-7-20-15(11-17)8-9-26(20)22(28)14-2-3-14/h4-7,11-14H,2-3,8-10H2,1H3,(H,25,27)/t13-/m1/s1. The number of carbonyl (C=O) groups is 2. The maximum absolute atomic E-state index is 13.7. The fourth-order valence-corrected chi connectivity index (χ4v) is 5.13. The SMILES string of the molecule is C[C@H](CC(=O)Nc1cc(F)ccc1F)S(=O)(=O)c1ccc2c(c1)CCN2C(=O)C1CC1.